The van der Waals surface area contributed by atoms with Crippen molar-refractivity contribution < 1.29 is 9.18 Å². The van der Waals surface area contributed by atoms with Crippen molar-refractivity contribution in [3.8, 4) is 6.07 Å². The number of hydrogen-bond donors (Lipinski definition) is 1. The van der Waals surface area contributed by atoms with E-state index in [1.54, 1.807) is 23.1 Å². The number of rotatable bonds is 2. The van der Waals surface area contributed by atoms with Crippen molar-refractivity contribution in [3.05, 3.63) is 59.9 Å². The maximum Gasteiger partial charge on any atom is 0.321 e. The van der Waals surface area contributed by atoms with Crippen LogP contribution in [0.3, 0.4) is 0 Å². The van der Waals surface area contributed by atoms with Crippen LogP contribution >= 0.6 is 0 Å². The van der Waals surface area contributed by atoms with Crippen molar-refractivity contribution in [1.29, 1.82) is 5.26 Å². The van der Waals surface area contributed by atoms with Gasteiger partial charge < -0.3 is 15.1 Å². The number of piperazine rings is 1. The van der Waals surface area contributed by atoms with Gasteiger partial charge in [-0.25, -0.2) is 9.18 Å². The fourth-order valence-electron chi connectivity index (χ4n) is 2.71. The molecule has 1 saturated heterocycles. The number of nitrogens with one attached hydrogen (secondary N) is 1. The molecule has 3 rings (SSSR count). The van der Waals surface area contributed by atoms with E-state index in [1.165, 1.54) is 12.1 Å². The second-order valence-electron chi connectivity index (χ2n) is 5.58. The molecule has 2 aromatic carbocycles. The van der Waals surface area contributed by atoms with Crippen LogP contribution in [0.5, 0.6) is 0 Å². The van der Waals surface area contributed by atoms with Crippen LogP contribution in [0, 0.1) is 17.1 Å². The van der Waals surface area contributed by atoms with E-state index in [0.29, 0.717) is 37.4 Å². The lowest BCUT2D eigenvalue weighted by Gasteiger charge is -2.36. The Morgan fingerprint density at radius 2 is 1.83 bits per heavy atom. The molecule has 2 amide bonds. The summed E-state index contributed by atoms with van der Waals surface area (Å²) in [5.74, 6) is -0.380. The molecular weight excluding hydrogens is 307 g/mol. The molecule has 0 unspecified atom stereocenters. The molecule has 1 aliphatic rings. The molecule has 0 aliphatic carbocycles. The minimum absolute atomic E-state index is 0.231. The minimum atomic E-state index is -0.380. The number of hydrogen-bond acceptors (Lipinski definition) is 3. The van der Waals surface area contributed by atoms with E-state index in [0.717, 1.165) is 5.69 Å². The molecule has 24 heavy (non-hydrogen) atoms. The highest BCUT2D eigenvalue weighted by Crippen LogP contribution is 2.18. The van der Waals surface area contributed by atoms with Gasteiger partial charge in [-0.3, -0.25) is 0 Å². The van der Waals surface area contributed by atoms with Crippen LogP contribution in [0.25, 0.3) is 0 Å². The minimum Gasteiger partial charge on any atom is -0.368 e. The standard InChI is InChI=1S/C18H17FN4O/c19-15-4-2-5-16(12-15)21-18(24)23-9-7-22(8-10-23)17-6-1-3-14(11-17)13-20/h1-6,11-12H,7-10H2,(H,21,24). The third-order valence-corrected chi connectivity index (χ3v) is 3.98. The van der Waals surface area contributed by atoms with E-state index in [4.69, 9.17) is 5.26 Å². The zero-order valence-corrected chi connectivity index (χ0v) is 13.1. The fraction of sp³-hybridized carbons (Fsp3) is 0.222. The number of urea groups is 1. The quantitative estimate of drug-likeness (QED) is 0.923. The Kier molecular flexibility index (Phi) is 4.62. The van der Waals surface area contributed by atoms with Crippen molar-refractivity contribution in [2.24, 2.45) is 0 Å². The van der Waals surface area contributed by atoms with E-state index in [-0.39, 0.29) is 11.8 Å². The number of anilines is 2. The third kappa shape index (κ3) is 3.63. The molecule has 1 aliphatic heterocycles. The third-order valence-electron chi connectivity index (χ3n) is 3.98. The average molecular weight is 324 g/mol. The molecule has 0 aromatic heterocycles. The van der Waals surface area contributed by atoms with Crippen molar-refractivity contribution in [1.82, 2.24) is 4.90 Å². The first kappa shape index (κ1) is 15.8. The van der Waals surface area contributed by atoms with Gasteiger partial charge >= 0.3 is 6.03 Å². The van der Waals surface area contributed by atoms with Gasteiger partial charge in [-0.05, 0) is 36.4 Å². The predicted octanol–water partition coefficient (Wildman–Crippen LogP) is 3.05. The van der Waals surface area contributed by atoms with Crippen LogP contribution < -0.4 is 10.2 Å². The van der Waals surface area contributed by atoms with Crippen LogP contribution in [0.2, 0.25) is 0 Å². The lowest BCUT2D eigenvalue weighted by atomic mass is 10.2. The monoisotopic (exact) mass is 324 g/mol. The zero-order chi connectivity index (χ0) is 16.9. The van der Waals surface area contributed by atoms with Gasteiger partial charge in [-0.2, -0.15) is 5.26 Å². The number of benzene rings is 2. The van der Waals surface area contributed by atoms with Crippen LogP contribution in [-0.2, 0) is 0 Å². The highest BCUT2D eigenvalue weighted by atomic mass is 19.1. The first-order chi connectivity index (χ1) is 11.7. The molecule has 122 valence electrons. The van der Waals surface area contributed by atoms with Crippen LogP contribution in [0.15, 0.2) is 48.5 Å². The first-order valence-corrected chi connectivity index (χ1v) is 7.72. The molecule has 6 heteroatoms. The lowest BCUT2D eigenvalue weighted by Crippen LogP contribution is -2.50. The van der Waals surface area contributed by atoms with Crippen molar-refractivity contribution in [2.75, 3.05) is 36.4 Å². The predicted molar refractivity (Wildman–Crippen MR) is 90.4 cm³/mol. The SMILES string of the molecule is N#Cc1cccc(N2CCN(C(=O)Nc3cccc(F)c3)CC2)c1. The number of halogens is 1. The maximum absolute atomic E-state index is 13.2. The number of amides is 2. The lowest BCUT2D eigenvalue weighted by molar-refractivity contribution is 0.208. The summed E-state index contributed by atoms with van der Waals surface area (Å²) >= 11 is 0. The van der Waals surface area contributed by atoms with E-state index in [9.17, 15) is 9.18 Å². The van der Waals surface area contributed by atoms with E-state index in [1.807, 2.05) is 18.2 Å². The Morgan fingerprint density at radius 1 is 1.08 bits per heavy atom. The van der Waals surface area contributed by atoms with Gasteiger partial charge in [0.15, 0.2) is 0 Å². The van der Waals surface area contributed by atoms with Gasteiger partial charge in [0, 0.05) is 37.6 Å². The highest BCUT2D eigenvalue weighted by Gasteiger charge is 2.21. The summed E-state index contributed by atoms with van der Waals surface area (Å²) < 4.78 is 13.2. The van der Waals surface area contributed by atoms with Gasteiger partial charge in [0.25, 0.3) is 0 Å². The molecule has 0 atom stereocenters. The molecule has 1 fully saturated rings. The summed E-state index contributed by atoms with van der Waals surface area (Å²) in [6, 6.07) is 15.2. The second-order valence-corrected chi connectivity index (χ2v) is 5.58. The highest BCUT2D eigenvalue weighted by molar-refractivity contribution is 5.89. The van der Waals surface area contributed by atoms with E-state index in [2.05, 4.69) is 16.3 Å². The Balaban J connectivity index is 1.58. The zero-order valence-electron chi connectivity index (χ0n) is 13.1. The number of carbonyl (C=O) groups is 1. The number of carbonyl (C=O) groups excluding carboxylic acids is 1. The van der Waals surface area contributed by atoms with Gasteiger partial charge in [0.1, 0.15) is 5.82 Å². The topological polar surface area (TPSA) is 59.4 Å². The maximum atomic E-state index is 13.2. The molecule has 0 saturated carbocycles. The molecule has 2 aromatic rings. The van der Waals surface area contributed by atoms with E-state index < -0.39 is 0 Å². The van der Waals surface area contributed by atoms with Gasteiger partial charge in [0.05, 0.1) is 11.6 Å². The van der Waals surface area contributed by atoms with Crippen LogP contribution in [-0.4, -0.2) is 37.1 Å². The molecular formula is C18H17FN4O. The van der Waals surface area contributed by atoms with E-state index >= 15 is 0 Å². The van der Waals surface area contributed by atoms with Crippen molar-refractivity contribution in [3.63, 3.8) is 0 Å². The largest absolute Gasteiger partial charge is 0.368 e. The van der Waals surface area contributed by atoms with Gasteiger partial charge in [0.2, 0.25) is 0 Å². The Bertz CT molecular complexity index is 779. The molecule has 5 nitrogen and oxygen atoms in total. The summed E-state index contributed by atoms with van der Waals surface area (Å²) in [6.45, 7) is 2.51. The average Bonchev–Trinajstić information content (AvgIpc) is 2.62. The Hall–Kier alpha value is -3.07. The fourth-order valence-corrected chi connectivity index (χ4v) is 2.71. The summed E-state index contributed by atoms with van der Waals surface area (Å²) in [7, 11) is 0. The van der Waals surface area contributed by atoms with Crippen molar-refractivity contribution in [2.45, 2.75) is 0 Å². The summed E-state index contributed by atoms with van der Waals surface area (Å²) in [5, 5.41) is 11.7. The van der Waals surface area contributed by atoms with Crippen LogP contribution in [0.1, 0.15) is 5.56 Å². The first-order valence-electron chi connectivity index (χ1n) is 7.72. The normalized spacial score (nSPS) is 14.2. The summed E-state index contributed by atoms with van der Waals surface area (Å²) in [5.41, 5.74) is 2.06. The van der Waals surface area contributed by atoms with Gasteiger partial charge in [-0.1, -0.05) is 12.1 Å². The summed E-state index contributed by atoms with van der Waals surface area (Å²) in [4.78, 5) is 16.1. The Labute approximate surface area is 139 Å². The molecule has 1 heterocycles. The number of nitriles is 1. The number of nitrogens with zero attached hydrogens (tertiary/aromatic N) is 3. The smallest absolute Gasteiger partial charge is 0.321 e. The van der Waals surface area contributed by atoms with Crippen LogP contribution in [0.4, 0.5) is 20.6 Å². The molecule has 0 spiro atoms. The Morgan fingerprint density at radius 3 is 2.54 bits per heavy atom. The van der Waals surface area contributed by atoms with Crippen molar-refractivity contribution >= 4 is 17.4 Å². The summed E-state index contributed by atoms with van der Waals surface area (Å²) in [6.07, 6.45) is 0. The molecule has 0 bridgehead atoms. The molecule has 1 N–H and O–H groups in total. The van der Waals surface area contributed by atoms with Gasteiger partial charge in [-0.15, -0.1) is 0 Å². The second kappa shape index (κ2) is 7.01. The molecule has 0 radical (unpaired) electrons.